The number of carbonyl (C=O) groups is 3. The molecule has 1 aromatic heterocycles. The molecule has 3 aromatic rings. The van der Waals surface area contributed by atoms with Crippen molar-refractivity contribution in [2.75, 3.05) is 12.4 Å². The third kappa shape index (κ3) is 4.30. The summed E-state index contributed by atoms with van der Waals surface area (Å²) < 4.78 is 6.36. The van der Waals surface area contributed by atoms with E-state index in [1.165, 1.54) is 19.2 Å². The van der Waals surface area contributed by atoms with Crippen molar-refractivity contribution in [3.05, 3.63) is 89.7 Å². The first kappa shape index (κ1) is 18.1. The molecule has 3 rings (SSSR count). The highest BCUT2D eigenvalue weighted by Gasteiger charge is 2.20. The van der Waals surface area contributed by atoms with E-state index >= 15 is 0 Å². The third-order valence-electron chi connectivity index (χ3n) is 4.03. The lowest BCUT2D eigenvalue weighted by Gasteiger charge is -2.09. The van der Waals surface area contributed by atoms with Crippen LogP contribution in [0.2, 0.25) is 0 Å². The summed E-state index contributed by atoms with van der Waals surface area (Å²) in [5.41, 5.74) is 2.12. The molecule has 1 heterocycles. The van der Waals surface area contributed by atoms with Gasteiger partial charge in [0.2, 0.25) is 0 Å². The fourth-order valence-electron chi connectivity index (χ4n) is 2.65. The quantitative estimate of drug-likeness (QED) is 0.415. The Balaban J connectivity index is 1.70. The molecule has 6 heteroatoms. The average molecular weight is 362 g/mol. The molecule has 0 fully saturated rings. The Hall–Kier alpha value is -3.67. The predicted octanol–water partition coefficient (Wildman–Crippen LogP) is 3.14. The number of nitrogens with zero attached hydrogens (tertiary/aromatic N) is 1. The molecule has 0 aliphatic heterocycles. The first-order chi connectivity index (χ1) is 13.1. The number of esters is 1. The third-order valence-corrected chi connectivity index (χ3v) is 4.03. The summed E-state index contributed by atoms with van der Waals surface area (Å²) in [6.45, 7) is 0.496. The second-order valence-electron chi connectivity index (χ2n) is 5.86. The van der Waals surface area contributed by atoms with Gasteiger partial charge in [-0.2, -0.15) is 0 Å². The van der Waals surface area contributed by atoms with E-state index in [4.69, 9.17) is 0 Å². The van der Waals surface area contributed by atoms with Crippen LogP contribution in [0.25, 0.3) is 0 Å². The molecule has 0 aliphatic carbocycles. The number of nitrogens with one attached hydrogen (secondary N) is 1. The standard InChI is InChI=1S/C21H18N2O4/c1-27-21(26)16-9-11-17(12-10-16)22-20(25)19(24)18-8-5-13-23(18)14-15-6-3-2-4-7-15/h2-13H,14H2,1H3,(H,22,25). The Labute approximate surface area is 156 Å². The van der Waals surface area contributed by atoms with Crippen molar-refractivity contribution in [1.82, 2.24) is 4.57 Å². The van der Waals surface area contributed by atoms with Gasteiger partial charge in [-0.25, -0.2) is 4.79 Å². The minimum Gasteiger partial charge on any atom is -0.465 e. The van der Waals surface area contributed by atoms with Crippen molar-refractivity contribution in [2.24, 2.45) is 0 Å². The van der Waals surface area contributed by atoms with Crippen molar-refractivity contribution in [1.29, 1.82) is 0 Å². The fraction of sp³-hybridized carbons (Fsp3) is 0.0952. The van der Waals surface area contributed by atoms with Gasteiger partial charge in [0.05, 0.1) is 18.4 Å². The molecule has 0 aliphatic rings. The van der Waals surface area contributed by atoms with Gasteiger partial charge in [0.25, 0.3) is 11.7 Å². The van der Waals surface area contributed by atoms with Crippen LogP contribution in [0.15, 0.2) is 72.9 Å². The monoisotopic (exact) mass is 362 g/mol. The van der Waals surface area contributed by atoms with Crippen LogP contribution in [0.3, 0.4) is 0 Å². The number of carbonyl (C=O) groups excluding carboxylic acids is 3. The lowest BCUT2D eigenvalue weighted by atomic mass is 10.2. The number of rotatable bonds is 6. The summed E-state index contributed by atoms with van der Waals surface area (Å²) in [6, 6.07) is 19.1. The van der Waals surface area contributed by atoms with Crippen LogP contribution in [0.5, 0.6) is 0 Å². The van der Waals surface area contributed by atoms with Crippen molar-refractivity contribution in [3.63, 3.8) is 0 Å². The van der Waals surface area contributed by atoms with E-state index in [0.29, 0.717) is 23.5 Å². The number of amides is 1. The van der Waals surface area contributed by atoms with Crippen LogP contribution in [0.4, 0.5) is 5.69 Å². The van der Waals surface area contributed by atoms with E-state index in [-0.39, 0.29) is 0 Å². The zero-order valence-electron chi connectivity index (χ0n) is 14.7. The molecule has 0 spiro atoms. The Morgan fingerprint density at radius 2 is 1.63 bits per heavy atom. The van der Waals surface area contributed by atoms with Crippen LogP contribution in [-0.2, 0) is 16.1 Å². The van der Waals surface area contributed by atoms with Crippen molar-refractivity contribution < 1.29 is 19.1 Å². The number of Topliss-reactive ketones (excluding diaryl/α,β-unsaturated/α-hetero) is 1. The first-order valence-corrected chi connectivity index (χ1v) is 8.31. The SMILES string of the molecule is COC(=O)c1ccc(NC(=O)C(=O)c2cccn2Cc2ccccc2)cc1. The number of benzene rings is 2. The molecule has 1 amide bonds. The topological polar surface area (TPSA) is 77.4 Å². The second-order valence-corrected chi connectivity index (χ2v) is 5.86. The average Bonchev–Trinajstić information content (AvgIpc) is 3.16. The Morgan fingerprint density at radius 3 is 2.30 bits per heavy atom. The number of methoxy groups -OCH3 is 1. The maximum atomic E-state index is 12.5. The van der Waals surface area contributed by atoms with Gasteiger partial charge in [0.1, 0.15) is 0 Å². The van der Waals surface area contributed by atoms with Crippen LogP contribution >= 0.6 is 0 Å². The molecular formula is C21H18N2O4. The number of aromatic nitrogens is 1. The molecular weight excluding hydrogens is 344 g/mol. The zero-order valence-corrected chi connectivity index (χ0v) is 14.7. The van der Waals surface area contributed by atoms with Crippen LogP contribution in [0.1, 0.15) is 26.4 Å². The molecule has 0 atom stereocenters. The first-order valence-electron chi connectivity index (χ1n) is 8.31. The highest BCUT2D eigenvalue weighted by Crippen LogP contribution is 2.13. The maximum Gasteiger partial charge on any atom is 0.337 e. The molecule has 1 N–H and O–H groups in total. The van der Waals surface area contributed by atoms with Gasteiger partial charge in [0.15, 0.2) is 0 Å². The molecule has 0 unspecified atom stereocenters. The summed E-state index contributed by atoms with van der Waals surface area (Å²) in [7, 11) is 1.29. The van der Waals surface area contributed by atoms with Gasteiger partial charge in [-0.3, -0.25) is 9.59 Å². The Morgan fingerprint density at radius 1 is 0.926 bits per heavy atom. The minimum absolute atomic E-state index is 0.308. The van der Waals surface area contributed by atoms with Gasteiger partial charge in [-0.1, -0.05) is 30.3 Å². The largest absolute Gasteiger partial charge is 0.465 e. The van der Waals surface area contributed by atoms with E-state index in [1.807, 2.05) is 30.3 Å². The Bertz CT molecular complexity index is 959. The van der Waals surface area contributed by atoms with Crippen LogP contribution in [-0.4, -0.2) is 29.3 Å². The molecule has 2 aromatic carbocycles. The molecule has 6 nitrogen and oxygen atoms in total. The highest BCUT2D eigenvalue weighted by molar-refractivity contribution is 6.46. The van der Waals surface area contributed by atoms with E-state index in [9.17, 15) is 14.4 Å². The Kier molecular flexibility index (Phi) is 5.47. The molecule has 0 saturated heterocycles. The lowest BCUT2D eigenvalue weighted by Crippen LogP contribution is -2.25. The van der Waals surface area contributed by atoms with Gasteiger partial charge in [-0.15, -0.1) is 0 Å². The zero-order chi connectivity index (χ0) is 19.2. The predicted molar refractivity (Wildman–Crippen MR) is 101 cm³/mol. The molecule has 0 saturated carbocycles. The van der Waals surface area contributed by atoms with Gasteiger partial charge >= 0.3 is 5.97 Å². The van der Waals surface area contributed by atoms with Crippen LogP contribution < -0.4 is 5.32 Å². The van der Waals surface area contributed by atoms with Crippen molar-refractivity contribution in [2.45, 2.75) is 6.54 Å². The van der Waals surface area contributed by atoms with Crippen molar-refractivity contribution in [3.8, 4) is 0 Å². The van der Waals surface area contributed by atoms with E-state index in [2.05, 4.69) is 10.1 Å². The smallest absolute Gasteiger partial charge is 0.337 e. The van der Waals surface area contributed by atoms with E-state index in [0.717, 1.165) is 5.56 Å². The number of ether oxygens (including phenoxy) is 1. The number of hydrogen-bond donors (Lipinski definition) is 1. The summed E-state index contributed by atoms with van der Waals surface area (Å²) in [4.78, 5) is 36.3. The van der Waals surface area contributed by atoms with Crippen LogP contribution in [0, 0.1) is 0 Å². The maximum absolute atomic E-state index is 12.5. The summed E-state index contributed by atoms with van der Waals surface area (Å²) >= 11 is 0. The van der Waals surface area contributed by atoms with Crippen molar-refractivity contribution >= 4 is 23.3 Å². The lowest BCUT2D eigenvalue weighted by molar-refractivity contribution is -0.112. The van der Waals surface area contributed by atoms with Gasteiger partial charge < -0.3 is 14.6 Å². The number of anilines is 1. The molecule has 136 valence electrons. The van der Waals surface area contributed by atoms with Gasteiger partial charge in [0, 0.05) is 18.4 Å². The molecule has 0 bridgehead atoms. The summed E-state index contributed by atoms with van der Waals surface area (Å²) in [5, 5.41) is 2.55. The van der Waals surface area contributed by atoms with Gasteiger partial charge in [-0.05, 0) is 42.0 Å². The number of ketones is 1. The number of hydrogen-bond acceptors (Lipinski definition) is 4. The van der Waals surface area contributed by atoms with E-state index in [1.54, 1.807) is 35.0 Å². The fourth-order valence-corrected chi connectivity index (χ4v) is 2.65. The second kappa shape index (κ2) is 8.14. The normalized spacial score (nSPS) is 10.3. The summed E-state index contributed by atoms with van der Waals surface area (Å²) in [6.07, 6.45) is 1.76. The highest BCUT2D eigenvalue weighted by atomic mass is 16.5. The minimum atomic E-state index is -0.742. The molecule has 27 heavy (non-hydrogen) atoms. The summed E-state index contributed by atoms with van der Waals surface area (Å²) in [5.74, 6) is -1.84. The molecule has 0 radical (unpaired) electrons. The van der Waals surface area contributed by atoms with E-state index < -0.39 is 17.7 Å².